The minimum Gasteiger partial charge on any atom is -0.475 e. The molecule has 3 amide bonds. The molecule has 6 bridgehead atoms. The van der Waals surface area contributed by atoms with E-state index in [1.54, 1.807) is 11.1 Å². The predicted molar refractivity (Wildman–Crippen MR) is 170 cm³/mol. The first-order chi connectivity index (χ1) is 22.4. The summed E-state index contributed by atoms with van der Waals surface area (Å²) in [6, 6.07) is 22.6. The first kappa shape index (κ1) is 33.0. The molecule has 3 heterocycles. The van der Waals surface area contributed by atoms with Gasteiger partial charge in [0.05, 0.1) is 6.20 Å². The fraction of sp³-hybridized carbons (Fsp3) is 0.219. The van der Waals surface area contributed by atoms with E-state index in [-0.39, 0.29) is 18.0 Å². The van der Waals surface area contributed by atoms with Crippen LogP contribution in [0.3, 0.4) is 0 Å². The molecule has 244 valence electrons. The number of rotatable bonds is 3. The third-order valence-corrected chi connectivity index (χ3v) is 7.58. The van der Waals surface area contributed by atoms with Crippen LogP contribution in [0.15, 0.2) is 79.0 Å². The molecule has 2 aliphatic heterocycles. The summed E-state index contributed by atoms with van der Waals surface area (Å²) in [4.78, 5) is 45.3. The summed E-state index contributed by atoms with van der Waals surface area (Å²) in [5.41, 5.74) is 5.16. The molecule has 1 atom stereocenters. The molecule has 0 spiro atoms. The lowest BCUT2D eigenvalue weighted by molar-refractivity contribution is -0.192. The number of carboxylic acids is 1. The van der Waals surface area contributed by atoms with Crippen molar-refractivity contribution >= 4 is 58.3 Å². The average Bonchev–Trinajstić information content (AvgIpc) is 3.50. The van der Waals surface area contributed by atoms with Crippen LogP contribution in [-0.4, -0.2) is 63.2 Å². The molecule has 0 radical (unpaired) electrons. The smallest absolute Gasteiger partial charge is 0.475 e. The minimum atomic E-state index is -5.08. The number of carboxylic acid groups (broad SMARTS) is 1. The van der Waals surface area contributed by atoms with Gasteiger partial charge in [0.25, 0.3) is 5.91 Å². The van der Waals surface area contributed by atoms with Crippen molar-refractivity contribution in [1.82, 2.24) is 20.2 Å². The fourth-order valence-corrected chi connectivity index (χ4v) is 5.17. The number of alkyl halides is 3. The molecule has 2 aliphatic rings. The maximum absolute atomic E-state index is 13.0. The van der Waals surface area contributed by atoms with E-state index in [2.05, 4.69) is 43.4 Å². The van der Waals surface area contributed by atoms with Crippen molar-refractivity contribution in [2.24, 2.45) is 0 Å². The van der Waals surface area contributed by atoms with Crippen molar-refractivity contribution in [2.45, 2.75) is 31.5 Å². The van der Waals surface area contributed by atoms with Gasteiger partial charge in [-0.25, -0.2) is 14.6 Å². The van der Waals surface area contributed by atoms with Crippen LogP contribution in [0.4, 0.5) is 46.8 Å². The first-order valence-corrected chi connectivity index (χ1v) is 14.8. The van der Waals surface area contributed by atoms with Crippen molar-refractivity contribution < 1.29 is 32.7 Å². The molecule has 1 aromatic heterocycles. The molecule has 3 aromatic carbocycles. The largest absolute Gasteiger partial charge is 0.490 e. The van der Waals surface area contributed by atoms with Gasteiger partial charge in [0.1, 0.15) is 5.02 Å². The summed E-state index contributed by atoms with van der Waals surface area (Å²) >= 11 is 6.37. The molecule has 1 fully saturated rings. The highest BCUT2D eigenvalue weighted by Gasteiger charge is 2.38. The van der Waals surface area contributed by atoms with Gasteiger partial charge in [-0.2, -0.15) is 18.2 Å². The highest BCUT2D eigenvalue weighted by Crippen LogP contribution is 2.29. The second-order valence-corrected chi connectivity index (χ2v) is 11.1. The summed E-state index contributed by atoms with van der Waals surface area (Å²) in [7, 11) is 0. The summed E-state index contributed by atoms with van der Waals surface area (Å²) in [5.74, 6) is -1.86. The third kappa shape index (κ3) is 8.88. The molecular weight excluding hydrogens is 639 g/mol. The molecule has 0 unspecified atom stereocenters. The summed E-state index contributed by atoms with van der Waals surface area (Å²) in [5, 5.41) is 20.1. The number of anilines is 5. The second kappa shape index (κ2) is 14.4. The van der Waals surface area contributed by atoms with E-state index in [0.29, 0.717) is 48.3 Å². The number of amides is 3. The zero-order valence-electron chi connectivity index (χ0n) is 24.6. The number of likely N-dealkylation sites (tertiary alicyclic amines) is 1. The van der Waals surface area contributed by atoms with Gasteiger partial charge in [-0.1, -0.05) is 41.9 Å². The van der Waals surface area contributed by atoms with Crippen LogP contribution in [0, 0.1) is 0 Å². The van der Waals surface area contributed by atoms with E-state index in [0.717, 1.165) is 34.6 Å². The summed E-state index contributed by atoms with van der Waals surface area (Å²) in [6.07, 6.45) is -1.35. The van der Waals surface area contributed by atoms with Gasteiger partial charge >= 0.3 is 18.2 Å². The number of nitrogens with zero attached hydrogens (tertiary/aromatic N) is 3. The SMILES string of the molecule is O=C(Nc1ccc2cc1CCc1cccc(c1)Nc1ncc(Cl)c(n1)N2)N[C@H]1CCN(C(=O)c2ccccc2)C1.O=C(O)C(F)(F)F. The number of aryl methyl sites for hydroxylation is 2. The number of hydrogen-bond donors (Lipinski definition) is 5. The number of hydrogen-bond acceptors (Lipinski definition) is 7. The molecular formula is C32H29ClF3N7O4. The van der Waals surface area contributed by atoms with Gasteiger partial charge in [0.2, 0.25) is 5.95 Å². The Labute approximate surface area is 272 Å². The Morgan fingerprint density at radius 3 is 2.45 bits per heavy atom. The van der Waals surface area contributed by atoms with E-state index in [1.807, 2.05) is 60.7 Å². The van der Waals surface area contributed by atoms with E-state index < -0.39 is 12.1 Å². The lowest BCUT2D eigenvalue weighted by Gasteiger charge is -2.18. The number of nitrogens with one attached hydrogen (secondary N) is 4. The normalized spacial score (nSPS) is 15.2. The zero-order chi connectivity index (χ0) is 33.6. The number of carbonyl (C=O) groups excluding carboxylic acids is 2. The number of halogens is 4. The van der Waals surface area contributed by atoms with Gasteiger partial charge in [-0.05, 0) is 72.9 Å². The van der Waals surface area contributed by atoms with Crippen LogP contribution in [0.5, 0.6) is 0 Å². The lowest BCUT2D eigenvalue weighted by Crippen LogP contribution is -2.40. The quantitative estimate of drug-likeness (QED) is 0.169. The van der Waals surface area contributed by atoms with Crippen LogP contribution in [-0.2, 0) is 17.6 Å². The van der Waals surface area contributed by atoms with E-state index in [4.69, 9.17) is 21.5 Å². The Balaban J connectivity index is 0.000000559. The molecule has 5 N–H and O–H groups in total. The zero-order valence-corrected chi connectivity index (χ0v) is 25.4. The number of aromatic nitrogens is 2. The molecule has 15 heteroatoms. The summed E-state index contributed by atoms with van der Waals surface area (Å²) < 4.78 is 31.7. The molecule has 6 rings (SSSR count). The lowest BCUT2D eigenvalue weighted by atomic mass is 10.0. The fourth-order valence-electron chi connectivity index (χ4n) is 5.03. The van der Waals surface area contributed by atoms with E-state index in [1.165, 1.54) is 0 Å². The van der Waals surface area contributed by atoms with Gasteiger partial charge in [-0.15, -0.1) is 0 Å². The molecule has 0 saturated carbocycles. The number of aliphatic carboxylic acids is 1. The Kier molecular flexibility index (Phi) is 10.1. The predicted octanol–water partition coefficient (Wildman–Crippen LogP) is 6.39. The van der Waals surface area contributed by atoms with E-state index >= 15 is 0 Å². The Hall–Kier alpha value is -5.37. The maximum atomic E-state index is 13.0. The van der Waals surface area contributed by atoms with Gasteiger partial charge in [-0.3, -0.25) is 4.79 Å². The first-order valence-electron chi connectivity index (χ1n) is 14.4. The van der Waals surface area contributed by atoms with Crippen molar-refractivity contribution in [3.05, 3.63) is 101 Å². The molecule has 11 nitrogen and oxygen atoms in total. The number of carbonyl (C=O) groups is 3. The second-order valence-electron chi connectivity index (χ2n) is 10.7. The Bertz CT molecular complexity index is 1780. The number of benzene rings is 3. The monoisotopic (exact) mass is 667 g/mol. The number of urea groups is 1. The van der Waals surface area contributed by atoms with E-state index in [9.17, 15) is 22.8 Å². The third-order valence-electron chi connectivity index (χ3n) is 7.30. The Morgan fingerprint density at radius 1 is 0.957 bits per heavy atom. The Morgan fingerprint density at radius 2 is 1.70 bits per heavy atom. The van der Waals surface area contributed by atoms with Crippen molar-refractivity contribution in [3.63, 3.8) is 0 Å². The van der Waals surface area contributed by atoms with Crippen LogP contribution < -0.4 is 21.3 Å². The van der Waals surface area contributed by atoms with Crippen LogP contribution >= 0.6 is 11.6 Å². The minimum absolute atomic E-state index is 0.0187. The van der Waals surface area contributed by atoms with Crippen LogP contribution in [0.25, 0.3) is 0 Å². The van der Waals surface area contributed by atoms with Gasteiger partial charge in [0, 0.05) is 41.8 Å². The van der Waals surface area contributed by atoms with Gasteiger partial charge in [0.15, 0.2) is 5.82 Å². The average molecular weight is 668 g/mol. The van der Waals surface area contributed by atoms with Crippen molar-refractivity contribution in [1.29, 1.82) is 0 Å². The standard InChI is InChI=1S/C30H28ClN7O2.C2HF3O2/c31-25-17-32-29-34-22-8-4-5-19(15-22)9-10-21-16-23(33-27(25)37-29)11-12-26(21)36-30(40)35-24-13-14-38(18-24)28(39)20-6-2-1-3-7-20;3-2(4,5)1(6)7/h1-8,11-12,15-17,24H,9-10,13-14,18H2,(H2,35,36,40)(H2,32,33,34,37);(H,6,7)/t24-;/m0./s1. The topological polar surface area (TPSA) is 149 Å². The van der Waals surface area contributed by atoms with Crippen molar-refractivity contribution in [3.8, 4) is 0 Å². The van der Waals surface area contributed by atoms with Crippen molar-refractivity contribution in [2.75, 3.05) is 29.0 Å². The number of fused-ring (bicyclic) bond motifs is 6. The molecule has 0 aliphatic carbocycles. The highest BCUT2D eigenvalue weighted by molar-refractivity contribution is 6.32. The van der Waals surface area contributed by atoms with Crippen LogP contribution in [0.2, 0.25) is 5.02 Å². The van der Waals surface area contributed by atoms with Crippen LogP contribution in [0.1, 0.15) is 27.9 Å². The molecule has 47 heavy (non-hydrogen) atoms. The van der Waals surface area contributed by atoms with Gasteiger partial charge < -0.3 is 31.3 Å². The molecule has 4 aromatic rings. The highest BCUT2D eigenvalue weighted by atomic mass is 35.5. The maximum Gasteiger partial charge on any atom is 0.490 e. The molecule has 1 saturated heterocycles. The summed E-state index contributed by atoms with van der Waals surface area (Å²) in [6.45, 7) is 1.08.